The predicted octanol–water partition coefficient (Wildman–Crippen LogP) is 4.88. The highest BCUT2D eigenvalue weighted by Gasteiger charge is 2.27. The van der Waals surface area contributed by atoms with Gasteiger partial charge in [-0.2, -0.15) is 0 Å². The summed E-state index contributed by atoms with van der Waals surface area (Å²) in [6.45, 7) is 8.46. The van der Waals surface area contributed by atoms with E-state index in [4.69, 9.17) is 9.47 Å². The maximum absolute atomic E-state index is 14.0. The summed E-state index contributed by atoms with van der Waals surface area (Å²) in [5, 5.41) is 9.38. The van der Waals surface area contributed by atoms with Crippen molar-refractivity contribution >= 4 is 29.4 Å². The van der Waals surface area contributed by atoms with Crippen molar-refractivity contribution in [1.29, 1.82) is 0 Å². The van der Waals surface area contributed by atoms with Crippen molar-refractivity contribution in [3.63, 3.8) is 0 Å². The summed E-state index contributed by atoms with van der Waals surface area (Å²) in [6, 6.07) is 18.6. The molecule has 11 nitrogen and oxygen atoms in total. The molecule has 0 spiro atoms. The van der Waals surface area contributed by atoms with Gasteiger partial charge in [0.05, 0.1) is 23.6 Å². The Morgan fingerprint density at radius 1 is 0.898 bits per heavy atom. The molecule has 12 heteroatoms. The quantitative estimate of drug-likeness (QED) is 0.174. The highest BCUT2D eigenvalue weighted by Crippen LogP contribution is 2.15. The van der Waals surface area contributed by atoms with E-state index in [-0.39, 0.29) is 30.6 Å². The zero-order chi connectivity index (χ0) is 34.8. The van der Waals surface area contributed by atoms with E-state index in [2.05, 4.69) is 39.7 Å². The van der Waals surface area contributed by atoms with Crippen molar-refractivity contribution in [2.75, 3.05) is 46.4 Å². The summed E-state index contributed by atoms with van der Waals surface area (Å²) in [6.07, 6.45) is 4.11. The van der Waals surface area contributed by atoms with Crippen LogP contribution in [0.5, 0.6) is 0 Å². The van der Waals surface area contributed by atoms with E-state index in [9.17, 15) is 14.4 Å². The highest BCUT2D eigenvalue weighted by atomic mass is 32.1. The second-order valence-electron chi connectivity index (χ2n) is 13.1. The highest BCUT2D eigenvalue weighted by molar-refractivity contribution is 7.09. The van der Waals surface area contributed by atoms with Gasteiger partial charge in [0.25, 0.3) is 0 Å². The molecule has 0 unspecified atom stereocenters. The Labute approximate surface area is 294 Å². The summed E-state index contributed by atoms with van der Waals surface area (Å²) < 4.78 is 11.0. The van der Waals surface area contributed by atoms with E-state index in [0.717, 1.165) is 29.1 Å². The van der Waals surface area contributed by atoms with Crippen LogP contribution in [0.15, 0.2) is 72.4 Å². The average molecular weight is 693 g/mol. The van der Waals surface area contributed by atoms with Crippen LogP contribution in [0.1, 0.15) is 49.1 Å². The third-order valence-corrected chi connectivity index (χ3v) is 9.20. The molecule has 1 aromatic heterocycles. The predicted molar refractivity (Wildman–Crippen MR) is 192 cm³/mol. The summed E-state index contributed by atoms with van der Waals surface area (Å²) >= 11 is 1.43. The van der Waals surface area contributed by atoms with Gasteiger partial charge in [0.1, 0.15) is 12.6 Å². The van der Waals surface area contributed by atoms with Gasteiger partial charge in [0.15, 0.2) is 0 Å². The average Bonchev–Trinajstić information content (AvgIpc) is 3.63. The molecule has 0 bridgehead atoms. The van der Waals surface area contributed by atoms with Gasteiger partial charge in [-0.15, -0.1) is 11.3 Å². The minimum absolute atomic E-state index is 0.158. The van der Waals surface area contributed by atoms with Crippen molar-refractivity contribution in [3.05, 3.63) is 88.4 Å². The maximum atomic E-state index is 14.0. The molecular formula is C37H52N6O5S. The van der Waals surface area contributed by atoms with Gasteiger partial charge in [-0.3, -0.25) is 14.7 Å². The van der Waals surface area contributed by atoms with Gasteiger partial charge in [-0.25, -0.2) is 9.59 Å². The molecule has 1 saturated heterocycles. The Kier molecular flexibility index (Phi) is 15.8. The van der Waals surface area contributed by atoms with Crippen LogP contribution in [-0.4, -0.2) is 97.4 Å². The van der Waals surface area contributed by atoms with Gasteiger partial charge in [0, 0.05) is 51.5 Å². The molecule has 3 atom stereocenters. The van der Waals surface area contributed by atoms with Crippen molar-refractivity contribution in [2.45, 2.75) is 70.7 Å². The molecular weight excluding hydrogens is 641 g/mol. The minimum Gasteiger partial charge on any atom is -0.444 e. The van der Waals surface area contributed by atoms with E-state index < -0.39 is 12.1 Å². The van der Waals surface area contributed by atoms with E-state index in [0.29, 0.717) is 64.3 Å². The second-order valence-corrected chi connectivity index (χ2v) is 14.0. The summed E-state index contributed by atoms with van der Waals surface area (Å²) in [5.41, 5.74) is 3.89. The molecule has 2 heterocycles. The maximum Gasteiger partial charge on any atom is 0.407 e. The van der Waals surface area contributed by atoms with Crippen LogP contribution < -0.4 is 16.0 Å². The molecule has 266 valence electrons. The number of hydrogen-bond acceptors (Lipinski definition) is 8. The van der Waals surface area contributed by atoms with Gasteiger partial charge in [-0.1, -0.05) is 74.5 Å². The molecule has 4 rings (SSSR count). The number of nitrogens with one attached hydrogen (secondary N) is 3. The standard InChI is InChI=1S/C37H52N6O5S/c1-28(2)25-42(3)36(45)41-34(16-17-43-18-20-47-21-19-43)35(44)39-31(22-29-10-6-4-7-11-29)14-15-32(23-30-12-8-5-9-13-30)40-37(46)48-26-33-24-38-27-49-33/h4-13,24,27-28,31-32,34H,14-23,25-26H2,1-3H3,(H,39,44)(H,40,46)(H,41,45)/t31-,32-,34+/m1/s1. The molecule has 2 aromatic carbocycles. The number of morpholine rings is 1. The molecule has 0 saturated carbocycles. The fraction of sp³-hybridized carbons (Fsp3) is 0.514. The van der Waals surface area contributed by atoms with Crippen LogP contribution in [0.3, 0.4) is 0 Å². The van der Waals surface area contributed by atoms with Gasteiger partial charge in [0.2, 0.25) is 5.91 Å². The number of amides is 4. The number of alkyl carbamates (subject to hydrolysis) is 1. The zero-order valence-corrected chi connectivity index (χ0v) is 29.8. The van der Waals surface area contributed by atoms with Crippen LogP contribution in [0.25, 0.3) is 0 Å². The van der Waals surface area contributed by atoms with Crippen LogP contribution in [-0.2, 0) is 33.7 Å². The molecule has 3 aromatic rings. The Hall–Kier alpha value is -4.00. The minimum atomic E-state index is -0.705. The largest absolute Gasteiger partial charge is 0.444 e. The molecule has 3 N–H and O–H groups in total. The lowest BCUT2D eigenvalue weighted by molar-refractivity contribution is -0.124. The summed E-state index contributed by atoms with van der Waals surface area (Å²) in [5.74, 6) is 0.0890. The van der Waals surface area contributed by atoms with Crippen molar-refractivity contribution in [2.24, 2.45) is 5.92 Å². The SMILES string of the molecule is CC(C)CN(C)C(=O)N[C@@H](CCN1CCOCC1)C(=O)N[C@H](CC[C@H](Cc1ccccc1)NC(=O)OCc1cncs1)Cc1ccccc1. The number of hydrogen-bond donors (Lipinski definition) is 3. The molecule has 1 aliphatic rings. The first-order valence-electron chi connectivity index (χ1n) is 17.3. The molecule has 1 fully saturated rings. The van der Waals surface area contributed by atoms with E-state index in [1.165, 1.54) is 11.3 Å². The van der Waals surface area contributed by atoms with Crippen LogP contribution >= 0.6 is 11.3 Å². The number of carbonyl (C=O) groups excluding carboxylic acids is 3. The Bertz CT molecular complexity index is 1390. The molecule has 1 aliphatic heterocycles. The number of carbonyl (C=O) groups is 3. The summed E-state index contributed by atoms with van der Waals surface area (Å²) in [7, 11) is 1.76. The molecule has 0 aliphatic carbocycles. The Balaban J connectivity index is 1.46. The molecule has 4 amide bonds. The van der Waals surface area contributed by atoms with Gasteiger partial charge in [-0.05, 0) is 49.1 Å². The second kappa shape index (κ2) is 20.5. The van der Waals surface area contributed by atoms with E-state index in [1.54, 1.807) is 23.7 Å². The Morgan fingerprint density at radius 2 is 1.51 bits per heavy atom. The van der Waals surface area contributed by atoms with Crippen LogP contribution in [0.2, 0.25) is 0 Å². The van der Waals surface area contributed by atoms with Crippen molar-refractivity contribution in [1.82, 2.24) is 30.7 Å². The topological polar surface area (TPSA) is 125 Å². The number of aromatic nitrogens is 1. The van der Waals surface area contributed by atoms with Gasteiger partial charge >= 0.3 is 12.1 Å². The first-order chi connectivity index (χ1) is 23.7. The Morgan fingerprint density at radius 3 is 2.08 bits per heavy atom. The lowest BCUT2D eigenvalue weighted by Crippen LogP contribution is -2.54. The first kappa shape index (κ1) is 37.8. The molecule has 0 radical (unpaired) electrons. The fourth-order valence-electron chi connectivity index (χ4n) is 5.91. The number of urea groups is 1. The van der Waals surface area contributed by atoms with Crippen LogP contribution in [0.4, 0.5) is 9.59 Å². The summed E-state index contributed by atoms with van der Waals surface area (Å²) in [4.78, 5) is 48.9. The lowest BCUT2D eigenvalue weighted by Gasteiger charge is -2.30. The number of nitrogens with zero attached hydrogens (tertiary/aromatic N) is 3. The third kappa shape index (κ3) is 14.2. The number of benzene rings is 2. The monoisotopic (exact) mass is 692 g/mol. The normalized spacial score (nSPS) is 15.2. The number of ether oxygens (including phenoxy) is 2. The lowest BCUT2D eigenvalue weighted by atomic mass is 9.95. The first-order valence-corrected chi connectivity index (χ1v) is 18.1. The third-order valence-electron chi connectivity index (χ3n) is 8.45. The molecule has 49 heavy (non-hydrogen) atoms. The number of rotatable bonds is 18. The van der Waals surface area contributed by atoms with Crippen LogP contribution in [0, 0.1) is 5.92 Å². The smallest absolute Gasteiger partial charge is 0.407 e. The van der Waals surface area contributed by atoms with Gasteiger partial charge < -0.3 is 30.3 Å². The fourth-order valence-corrected chi connectivity index (χ4v) is 6.41. The number of thiazole rings is 1. The van der Waals surface area contributed by atoms with Crippen molar-refractivity contribution in [3.8, 4) is 0 Å². The zero-order valence-electron chi connectivity index (χ0n) is 29.0. The van der Waals surface area contributed by atoms with Crippen molar-refractivity contribution < 1.29 is 23.9 Å². The van der Waals surface area contributed by atoms with E-state index in [1.807, 2.05) is 60.7 Å². The van der Waals surface area contributed by atoms with E-state index >= 15 is 0 Å².